The van der Waals surface area contributed by atoms with Crippen LogP contribution in [0, 0.1) is 6.92 Å². The molecule has 1 heterocycles. The molecule has 0 aliphatic rings. The van der Waals surface area contributed by atoms with E-state index in [9.17, 15) is 0 Å². The molecule has 0 fully saturated rings. The number of hydrogen-bond donors (Lipinski definition) is 2. The van der Waals surface area contributed by atoms with Crippen molar-refractivity contribution in [2.75, 3.05) is 13.6 Å². The fourth-order valence-corrected chi connectivity index (χ4v) is 3.33. The van der Waals surface area contributed by atoms with Crippen molar-refractivity contribution in [1.29, 1.82) is 0 Å². The van der Waals surface area contributed by atoms with Crippen molar-refractivity contribution in [3.63, 3.8) is 0 Å². The van der Waals surface area contributed by atoms with Gasteiger partial charge in [-0.15, -0.1) is 11.3 Å². The summed E-state index contributed by atoms with van der Waals surface area (Å²) in [4.78, 5) is 9.65. The lowest BCUT2D eigenvalue weighted by atomic mass is 10.1. The highest BCUT2D eigenvalue weighted by Gasteiger charge is 2.03. The Morgan fingerprint density at radius 1 is 1.30 bits per heavy atom. The topological polar surface area (TPSA) is 49.3 Å². The number of halogens is 2. The predicted octanol–water partition coefficient (Wildman–Crippen LogP) is 4.06. The average molecular weight is 371 g/mol. The molecular formula is C16H20Cl2N4S. The van der Waals surface area contributed by atoms with Gasteiger partial charge in [0.15, 0.2) is 5.96 Å². The maximum absolute atomic E-state index is 6.17. The Hall–Kier alpha value is -1.30. The molecular weight excluding hydrogens is 351 g/mol. The predicted molar refractivity (Wildman–Crippen MR) is 99.8 cm³/mol. The number of aliphatic imine (C=N–C) groups is 1. The Morgan fingerprint density at radius 3 is 2.78 bits per heavy atom. The van der Waals surface area contributed by atoms with Gasteiger partial charge in [0.2, 0.25) is 0 Å². The number of rotatable bonds is 6. The molecule has 0 aliphatic heterocycles. The third-order valence-corrected chi connectivity index (χ3v) is 4.75. The number of nitrogens with one attached hydrogen (secondary N) is 2. The van der Waals surface area contributed by atoms with Crippen LogP contribution in [0.5, 0.6) is 0 Å². The van der Waals surface area contributed by atoms with Crippen LogP contribution in [0.2, 0.25) is 10.0 Å². The van der Waals surface area contributed by atoms with Crippen LogP contribution in [0.25, 0.3) is 0 Å². The minimum Gasteiger partial charge on any atom is -0.356 e. The fourth-order valence-electron chi connectivity index (χ4n) is 2.09. The summed E-state index contributed by atoms with van der Waals surface area (Å²) in [6.07, 6.45) is 3.75. The van der Waals surface area contributed by atoms with E-state index < -0.39 is 0 Å². The van der Waals surface area contributed by atoms with Crippen LogP contribution in [0.4, 0.5) is 0 Å². The Bertz CT molecular complexity index is 670. The smallest absolute Gasteiger partial charge is 0.191 e. The number of nitrogens with zero attached hydrogens (tertiary/aromatic N) is 2. The molecule has 0 atom stereocenters. The summed E-state index contributed by atoms with van der Waals surface area (Å²) in [6, 6.07) is 5.63. The third kappa shape index (κ3) is 6.01. The zero-order valence-electron chi connectivity index (χ0n) is 13.2. The molecule has 0 amide bonds. The lowest BCUT2D eigenvalue weighted by Crippen LogP contribution is -2.37. The highest BCUT2D eigenvalue weighted by molar-refractivity contribution is 7.11. The van der Waals surface area contributed by atoms with Gasteiger partial charge in [-0.25, -0.2) is 4.98 Å². The molecule has 2 aromatic rings. The van der Waals surface area contributed by atoms with Gasteiger partial charge in [-0.1, -0.05) is 29.3 Å². The molecule has 124 valence electrons. The molecule has 1 aromatic carbocycles. The standard InChI is InChI=1S/C16H20Cl2N4S/c1-11-21-9-14(23-11)10-22-16(19-2)20-7-3-4-12-5-6-13(17)8-15(12)18/h5-6,8-9H,3-4,7,10H2,1-2H3,(H2,19,20,22). The zero-order valence-corrected chi connectivity index (χ0v) is 15.5. The van der Waals surface area contributed by atoms with Crippen molar-refractivity contribution in [3.05, 3.63) is 49.9 Å². The van der Waals surface area contributed by atoms with E-state index in [1.165, 1.54) is 4.88 Å². The Kier molecular flexibility index (Phi) is 7.15. The summed E-state index contributed by atoms with van der Waals surface area (Å²) >= 11 is 13.8. The van der Waals surface area contributed by atoms with Crippen LogP contribution in [-0.2, 0) is 13.0 Å². The van der Waals surface area contributed by atoms with E-state index in [0.717, 1.165) is 47.5 Å². The largest absolute Gasteiger partial charge is 0.356 e. The number of guanidine groups is 1. The summed E-state index contributed by atoms with van der Waals surface area (Å²) in [5.74, 6) is 0.790. The van der Waals surface area contributed by atoms with Crippen molar-refractivity contribution >= 4 is 40.5 Å². The van der Waals surface area contributed by atoms with E-state index >= 15 is 0 Å². The maximum atomic E-state index is 6.17. The molecule has 2 N–H and O–H groups in total. The Morgan fingerprint density at radius 2 is 2.13 bits per heavy atom. The number of thiazole rings is 1. The lowest BCUT2D eigenvalue weighted by molar-refractivity contribution is 0.744. The lowest BCUT2D eigenvalue weighted by Gasteiger charge is -2.11. The van der Waals surface area contributed by atoms with Crippen LogP contribution in [0.3, 0.4) is 0 Å². The van der Waals surface area contributed by atoms with Crippen LogP contribution in [0.1, 0.15) is 21.9 Å². The molecule has 0 saturated carbocycles. The first-order valence-electron chi connectivity index (χ1n) is 7.38. The molecule has 0 saturated heterocycles. The molecule has 0 bridgehead atoms. The van der Waals surface area contributed by atoms with E-state index in [-0.39, 0.29) is 0 Å². The summed E-state index contributed by atoms with van der Waals surface area (Å²) in [6.45, 7) is 3.55. The first-order chi connectivity index (χ1) is 11.1. The molecule has 0 unspecified atom stereocenters. The van der Waals surface area contributed by atoms with E-state index in [1.54, 1.807) is 24.5 Å². The van der Waals surface area contributed by atoms with Gasteiger partial charge < -0.3 is 10.6 Å². The first-order valence-corrected chi connectivity index (χ1v) is 8.95. The summed E-state index contributed by atoms with van der Waals surface area (Å²) in [5.41, 5.74) is 1.11. The van der Waals surface area contributed by atoms with Crippen molar-refractivity contribution in [2.24, 2.45) is 4.99 Å². The fraction of sp³-hybridized carbons (Fsp3) is 0.375. The molecule has 7 heteroatoms. The molecule has 0 spiro atoms. The van der Waals surface area contributed by atoms with Crippen molar-refractivity contribution < 1.29 is 0 Å². The van der Waals surface area contributed by atoms with Crippen molar-refractivity contribution in [2.45, 2.75) is 26.3 Å². The SMILES string of the molecule is CN=C(NCCCc1ccc(Cl)cc1Cl)NCc1cnc(C)s1. The van der Waals surface area contributed by atoms with Gasteiger partial charge in [-0.05, 0) is 37.5 Å². The van der Waals surface area contributed by atoms with Gasteiger partial charge in [0.1, 0.15) is 0 Å². The van der Waals surface area contributed by atoms with Gasteiger partial charge >= 0.3 is 0 Å². The van der Waals surface area contributed by atoms with Crippen LogP contribution in [0.15, 0.2) is 29.4 Å². The summed E-state index contributed by atoms with van der Waals surface area (Å²) in [7, 11) is 1.77. The van der Waals surface area contributed by atoms with E-state index in [0.29, 0.717) is 5.02 Å². The van der Waals surface area contributed by atoms with Crippen molar-refractivity contribution in [1.82, 2.24) is 15.6 Å². The van der Waals surface area contributed by atoms with Gasteiger partial charge in [-0.2, -0.15) is 0 Å². The number of aryl methyl sites for hydroxylation is 2. The minimum atomic E-state index is 0.666. The van der Waals surface area contributed by atoms with Gasteiger partial charge in [0, 0.05) is 34.7 Å². The highest BCUT2D eigenvalue weighted by Crippen LogP contribution is 2.21. The van der Waals surface area contributed by atoms with E-state index in [2.05, 4.69) is 20.6 Å². The zero-order chi connectivity index (χ0) is 16.7. The van der Waals surface area contributed by atoms with Gasteiger partial charge in [0.05, 0.1) is 11.6 Å². The van der Waals surface area contributed by atoms with E-state index in [1.807, 2.05) is 25.3 Å². The number of aromatic nitrogens is 1. The second-order valence-electron chi connectivity index (χ2n) is 5.04. The average Bonchev–Trinajstić information content (AvgIpc) is 2.94. The van der Waals surface area contributed by atoms with Crippen LogP contribution in [-0.4, -0.2) is 24.5 Å². The summed E-state index contributed by atoms with van der Waals surface area (Å²) in [5, 5.41) is 9.05. The third-order valence-electron chi connectivity index (χ3n) is 3.25. The van der Waals surface area contributed by atoms with Gasteiger partial charge in [0.25, 0.3) is 0 Å². The summed E-state index contributed by atoms with van der Waals surface area (Å²) < 4.78 is 0. The Balaban J connectivity index is 1.71. The monoisotopic (exact) mass is 370 g/mol. The van der Waals surface area contributed by atoms with Gasteiger partial charge in [-0.3, -0.25) is 4.99 Å². The first kappa shape index (κ1) is 18.0. The number of benzene rings is 1. The maximum Gasteiger partial charge on any atom is 0.191 e. The number of hydrogen-bond acceptors (Lipinski definition) is 3. The normalized spacial score (nSPS) is 11.6. The van der Waals surface area contributed by atoms with Crippen LogP contribution >= 0.6 is 34.5 Å². The van der Waals surface area contributed by atoms with Crippen LogP contribution < -0.4 is 10.6 Å². The molecule has 4 nitrogen and oxygen atoms in total. The second kappa shape index (κ2) is 9.11. The second-order valence-corrected chi connectivity index (χ2v) is 7.20. The minimum absolute atomic E-state index is 0.666. The quantitative estimate of drug-likeness (QED) is 0.458. The molecule has 0 radical (unpaired) electrons. The van der Waals surface area contributed by atoms with Crippen molar-refractivity contribution in [3.8, 4) is 0 Å². The molecule has 0 aliphatic carbocycles. The highest BCUT2D eigenvalue weighted by atomic mass is 35.5. The molecule has 2 rings (SSSR count). The Labute approximate surface area is 151 Å². The molecule has 23 heavy (non-hydrogen) atoms. The molecule has 1 aromatic heterocycles. The van der Waals surface area contributed by atoms with E-state index in [4.69, 9.17) is 23.2 Å².